The highest BCUT2D eigenvalue weighted by Crippen LogP contribution is 2.28. The molecule has 3 aromatic rings. The number of benzene rings is 2. The van der Waals surface area contributed by atoms with Crippen molar-refractivity contribution in [2.24, 2.45) is 0 Å². The number of oxazole rings is 1. The first-order valence-electron chi connectivity index (χ1n) is 6.39. The maximum atomic E-state index is 12.9. The number of halogens is 1. The molecule has 0 spiro atoms. The number of phenolic OH excluding ortho intramolecular Hbond substituents is 2. The van der Waals surface area contributed by atoms with Gasteiger partial charge in [-0.05, 0) is 17.7 Å². The maximum Gasteiger partial charge on any atom is 0.420 e. The van der Waals surface area contributed by atoms with Crippen LogP contribution in [0.15, 0.2) is 33.5 Å². The minimum absolute atomic E-state index is 0.0317. The summed E-state index contributed by atoms with van der Waals surface area (Å²) >= 11 is 0. The van der Waals surface area contributed by atoms with E-state index in [0.717, 1.165) is 4.57 Å². The second-order valence-corrected chi connectivity index (χ2v) is 4.91. The highest BCUT2D eigenvalue weighted by atomic mass is 19.1. The molecule has 0 fully saturated rings. The van der Waals surface area contributed by atoms with Crippen molar-refractivity contribution in [3.8, 4) is 11.5 Å². The van der Waals surface area contributed by atoms with Crippen LogP contribution < -0.4 is 16.2 Å². The molecule has 2 N–H and O–H groups in total. The van der Waals surface area contributed by atoms with Crippen LogP contribution in [0, 0.1) is 5.82 Å². The number of aromatic nitrogens is 1. The van der Waals surface area contributed by atoms with Gasteiger partial charge < -0.3 is 14.6 Å². The summed E-state index contributed by atoms with van der Waals surface area (Å²) in [5.41, 5.74) is 0.728. The molecule has 0 amide bonds. The van der Waals surface area contributed by atoms with Crippen molar-refractivity contribution in [3.05, 3.63) is 56.6 Å². The van der Waals surface area contributed by atoms with Crippen LogP contribution in [0.5, 0.6) is 11.5 Å². The summed E-state index contributed by atoms with van der Waals surface area (Å²) in [5.74, 6) is -2.06. The lowest BCUT2D eigenvalue weighted by Crippen LogP contribution is -2.22. The lowest BCUT2D eigenvalue weighted by atomic mass is 10.2. The fourth-order valence-corrected chi connectivity index (χ4v) is 2.30. The molecule has 0 aliphatic carbocycles. The highest BCUT2D eigenvalue weighted by Gasteiger charge is 2.18. The highest BCUT2D eigenvalue weighted by molar-refractivity contribution is 5.83. The Hall–Kier alpha value is -3.02. The summed E-state index contributed by atoms with van der Waals surface area (Å²) in [6.45, 7) is 7.32. The fraction of sp³-hybridized carbons (Fsp3) is 0.0625. The molecule has 0 unspecified atom stereocenters. The van der Waals surface area contributed by atoms with E-state index in [1.165, 1.54) is 24.3 Å². The monoisotopic (exact) mass is 301 g/mol. The Morgan fingerprint density at radius 3 is 2.36 bits per heavy atom. The maximum absolute atomic E-state index is 12.9. The van der Waals surface area contributed by atoms with Crippen molar-refractivity contribution in [2.45, 2.75) is 6.54 Å². The minimum Gasteiger partial charge on any atom is -0.504 e. The normalized spacial score (nSPS) is 11.1. The Bertz CT molecular complexity index is 1030. The van der Waals surface area contributed by atoms with Gasteiger partial charge in [0.25, 0.3) is 0 Å². The Morgan fingerprint density at radius 1 is 1.09 bits per heavy atom. The minimum atomic E-state index is -0.718. The topological polar surface area (TPSA) is 75.6 Å². The van der Waals surface area contributed by atoms with E-state index >= 15 is 0 Å². The number of hydrogen-bond acceptors (Lipinski definition) is 4. The molecule has 6 heteroatoms. The fourth-order valence-electron chi connectivity index (χ4n) is 2.30. The van der Waals surface area contributed by atoms with Gasteiger partial charge in [-0.3, -0.25) is 4.57 Å². The van der Waals surface area contributed by atoms with Crippen LogP contribution >= 0.6 is 0 Å². The molecule has 22 heavy (non-hydrogen) atoms. The van der Waals surface area contributed by atoms with E-state index in [0.29, 0.717) is 5.56 Å². The molecule has 0 aliphatic rings. The van der Waals surface area contributed by atoms with Gasteiger partial charge in [0.05, 0.1) is 6.54 Å². The number of phenols is 2. The van der Waals surface area contributed by atoms with Crippen LogP contribution in [-0.2, 0) is 6.54 Å². The van der Waals surface area contributed by atoms with E-state index in [-0.39, 0.29) is 28.1 Å². The quantitative estimate of drug-likeness (QED) is 0.693. The summed E-state index contributed by atoms with van der Waals surface area (Å²) in [4.78, 5) is 12.0. The molecule has 0 saturated carbocycles. The third kappa shape index (κ3) is 1.96. The predicted octanol–water partition coefficient (Wildman–Crippen LogP) is 1.01. The van der Waals surface area contributed by atoms with Crippen LogP contribution in [-0.4, -0.2) is 14.8 Å². The van der Waals surface area contributed by atoms with E-state index in [9.17, 15) is 19.4 Å². The third-order valence-corrected chi connectivity index (χ3v) is 3.52. The van der Waals surface area contributed by atoms with Gasteiger partial charge in [0, 0.05) is 10.4 Å². The second kappa shape index (κ2) is 4.77. The summed E-state index contributed by atoms with van der Waals surface area (Å²) < 4.78 is 19.2. The van der Waals surface area contributed by atoms with E-state index in [4.69, 9.17) is 4.42 Å². The Kier molecular flexibility index (Phi) is 3.02. The summed E-state index contributed by atoms with van der Waals surface area (Å²) in [6.07, 6.45) is 0. The number of fused-ring (bicyclic) bond motifs is 1. The molecule has 0 aliphatic heterocycles. The summed E-state index contributed by atoms with van der Waals surface area (Å²) in [7, 11) is 0. The van der Waals surface area contributed by atoms with E-state index in [1.807, 2.05) is 0 Å². The molecule has 1 aromatic heterocycles. The van der Waals surface area contributed by atoms with Gasteiger partial charge in [0.1, 0.15) is 11.3 Å². The van der Waals surface area contributed by atoms with Gasteiger partial charge in [0.15, 0.2) is 17.1 Å². The molecular weight excluding hydrogens is 289 g/mol. The van der Waals surface area contributed by atoms with E-state index in [1.54, 1.807) is 0 Å². The number of aromatic hydroxyl groups is 2. The van der Waals surface area contributed by atoms with Crippen molar-refractivity contribution in [1.82, 2.24) is 4.57 Å². The predicted molar refractivity (Wildman–Crippen MR) is 79.6 cm³/mol. The molecule has 2 aromatic carbocycles. The third-order valence-electron chi connectivity index (χ3n) is 3.52. The van der Waals surface area contributed by atoms with Crippen LogP contribution in [0.25, 0.3) is 24.3 Å². The average Bonchev–Trinajstić information content (AvgIpc) is 2.82. The lowest BCUT2D eigenvalue weighted by molar-refractivity contribution is 0.403. The van der Waals surface area contributed by atoms with E-state index < -0.39 is 23.1 Å². The molecule has 0 atom stereocenters. The summed E-state index contributed by atoms with van der Waals surface area (Å²) in [5, 5.41) is 20.3. The van der Waals surface area contributed by atoms with Gasteiger partial charge in [-0.25, -0.2) is 9.18 Å². The van der Waals surface area contributed by atoms with E-state index in [2.05, 4.69) is 13.2 Å². The van der Waals surface area contributed by atoms with Crippen LogP contribution in [0.3, 0.4) is 0 Å². The van der Waals surface area contributed by atoms with Gasteiger partial charge in [-0.2, -0.15) is 0 Å². The first-order valence-corrected chi connectivity index (χ1v) is 6.39. The van der Waals surface area contributed by atoms with Gasteiger partial charge in [0.2, 0.25) is 0 Å². The van der Waals surface area contributed by atoms with Crippen molar-refractivity contribution in [2.75, 3.05) is 0 Å². The van der Waals surface area contributed by atoms with Crippen molar-refractivity contribution in [3.63, 3.8) is 0 Å². The van der Waals surface area contributed by atoms with Crippen LogP contribution in [0.2, 0.25) is 0 Å². The number of rotatable bonds is 2. The van der Waals surface area contributed by atoms with Gasteiger partial charge >= 0.3 is 5.76 Å². The average molecular weight is 301 g/mol. The Labute approximate surface area is 123 Å². The van der Waals surface area contributed by atoms with Crippen molar-refractivity contribution in [1.29, 1.82) is 0 Å². The van der Waals surface area contributed by atoms with Crippen LogP contribution in [0.4, 0.5) is 4.39 Å². The zero-order valence-electron chi connectivity index (χ0n) is 11.5. The molecule has 0 radical (unpaired) electrons. The smallest absolute Gasteiger partial charge is 0.420 e. The Morgan fingerprint density at radius 2 is 1.73 bits per heavy atom. The SMILES string of the molecule is C=c1c(O)c(O)c2c(oc(=O)n2Cc2ccc(F)cc2)c1=C. The number of nitrogens with zero attached hydrogens (tertiary/aromatic N) is 1. The van der Waals surface area contributed by atoms with Gasteiger partial charge in [-0.15, -0.1) is 0 Å². The molecular formula is C16H12FNO4. The zero-order valence-corrected chi connectivity index (χ0v) is 11.5. The Balaban J connectivity index is 2.29. The molecule has 0 bridgehead atoms. The first kappa shape index (κ1) is 13.9. The van der Waals surface area contributed by atoms with Crippen molar-refractivity contribution >= 4 is 24.3 Å². The second-order valence-electron chi connectivity index (χ2n) is 4.91. The molecule has 112 valence electrons. The largest absolute Gasteiger partial charge is 0.504 e. The summed E-state index contributed by atoms with van der Waals surface area (Å²) in [6, 6.07) is 5.55. The molecule has 5 nitrogen and oxygen atoms in total. The first-order chi connectivity index (χ1) is 10.4. The standard InChI is InChI=1S/C16H12FNO4/c1-8-9(2)15-12(14(20)13(8)19)18(16(21)22-15)7-10-3-5-11(17)6-4-10/h3-6,19-20H,1-2,7H2. The van der Waals surface area contributed by atoms with Gasteiger partial charge in [-0.1, -0.05) is 25.3 Å². The molecule has 3 rings (SSSR count). The van der Waals surface area contributed by atoms with Crippen LogP contribution in [0.1, 0.15) is 5.56 Å². The zero-order chi connectivity index (χ0) is 16.0. The van der Waals surface area contributed by atoms with Crippen molar-refractivity contribution < 1.29 is 19.0 Å². The lowest BCUT2D eigenvalue weighted by Gasteiger charge is -2.05. The molecule has 1 heterocycles. The number of hydrogen-bond donors (Lipinski definition) is 2. The molecule has 0 saturated heterocycles.